The number of halogens is 1. The lowest BCUT2D eigenvalue weighted by Gasteiger charge is -2.38. The van der Waals surface area contributed by atoms with Crippen LogP contribution in [0.5, 0.6) is 0 Å². The zero-order chi connectivity index (χ0) is 17.0. The van der Waals surface area contributed by atoms with E-state index in [4.69, 9.17) is 5.73 Å². The highest BCUT2D eigenvalue weighted by atomic mass is 35.5. The van der Waals surface area contributed by atoms with Crippen LogP contribution in [-0.2, 0) is 4.79 Å². The van der Waals surface area contributed by atoms with E-state index in [1.165, 1.54) is 0 Å². The van der Waals surface area contributed by atoms with Crippen LogP contribution < -0.4 is 11.1 Å². The number of likely N-dealkylation sites (tertiary alicyclic amines) is 2. The van der Waals surface area contributed by atoms with Crippen molar-refractivity contribution >= 4 is 24.3 Å². The number of rotatable bonds is 4. The molecule has 2 aliphatic rings. The largest absolute Gasteiger partial charge is 0.349 e. The van der Waals surface area contributed by atoms with Crippen molar-refractivity contribution in [3.8, 4) is 0 Å². The van der Waals surface area contributed by atoms with Gasteiger partial charge in [0.2, 0.25) is 5.91 Å². The van der Waals surface area contributed by atoms with Gasteiger partial charge in [0.1, 0.15) is 0 Å². The van der Waals surface area contributed by atoms with E-state index in [0.29, 0.717) is 19.6 Å². The lowest BCUT2D eigenvalue weighted by molar-refractivity contribution is -0.128. The molecule has 0 bridgehead atoms. The van der Waals surface area contributed by atoms with E-state index in [9.17, 15) is 9.59 Å². The highest BCUT2D eigenvalue weighted by molar-refractivity contribution is 5.85. The molecule has 2 aliphatic heterocycles. The van der Waals surface area contributed by atoms with Crippen LogP contribution in [0.25, 0.3) is 0 Å². The van der Waals surface area contributed by atoms with Crippen molar-refractivity contribution in [1.82, 2.24) is 15.1 Å². The van der Waals surface area contributed by atoms with Crippen LogP contribution in [0.3, 0.4) is 0 Å². The summed E-state index contributed by atoms with van der Waals surface area (Å²) in [6, 6.07) is 0.148. The van der Waals surface area contributed by atoms with Crippen molar-refractivity contribution in [2.75, 3.05) is 32.7 Å². The van der Waals surface area contributed by atoms with E-state index in [0.717, 1.165) is 38.8 Å². The predicted molar refractivity (Wildman–Crippen MR) is 98.2 cm³/mol. The molecule has 0 aromatic rings. The average Bonchev–Trinajstić information content (AvgIpc) is 3.08. The molecule has 2 rings (SSSR count). The van der Waals surface area contributed by atoms with Gasteiger partial charge < -0.3 is 20.9 Å². The molecule has 2 fully saturated rings. The molecule has 3 N–H and O–H groups in total. The molecule has 1 unspecified atom stereocenters. The summed E-state index contributed by atoms with van der Waals surface area (Å²) in [4.78, 5) is 28.7. The van der Waals surface area contributed by atoms with Gasteiger partial charge in [-0.15, -0.1) is 12.4 Å². The summed E-state index contributed by atoms with van der Waals surface area (Å²) in [7, 11) is 0. The molecule has 3 amide bonds. The maximum Gasteiger partial charge on any atom is 0.319 e. The Morgan fingerprint density at radius 3 is 2.08 bits per heavy atom. The van der Waals surface area contributed by atoms with E-state index in [2.05, 4.69) is 19.2 Å². The Morgan fingerprint density at radius 2 is 1.62 bits per heavy atom. The summed E-state index contributed by atoms with van der Waals surface area (Å²) < 4.78 is 0. The Hall–Kier alpha value is -1.01. The average molecular weight is 361 g/mol. The number of piperidine rings is 1. The van der Waals surface area contributed by atoms with Crippen molar-refractivity contribution in [2.24, 2.45) is 17.6 Å². The van der Waals surface area contributed by atoms with Crippen molar-refractivity contribution in [3.63, 3.8) is 0 Å². The Balaban J connectivity index is 0.00000288. The van der Waals surface area contributed by atoms with Crippen LogP contribution in [0.15, 0.2) is 0 Å². The molecule has 0 radical (unpaired) electrons. The lowest BCUT2D eigenvalue weighted by atomic mass is 9.86. The molecule has 0 aromatic carbocycles. The Bertz CT molecular complexity index is 432. The number of hydrogen-bond acceptors (Lipinski definition) is 3. The van der Waals surface area contributed by atoms with E-state index in [1.807, 2.05) is 16.7 Å². The normalized spacial score (nSPS) is 21.4. The number of carbonyl (C=O) groups excluding carboxylic acids is 2. The zero-order valence-electron chi connectivity index (χ0n) is 15.2. The number of nitrogens with zero attached hydrogens (tertiary/aromatic N) is 2. The molecular formula is C17H33ClN4O2. The van der Waals surface area contributed by atoms with Gasteiger partial charge in [-0.3, -0.25) is 4.79 Å². The summed E-state index contributed by atoms with van der Waals surface area (Å²) in [5.74, 6) is 0.357. The topological polar surface area (TPSA) is 78.7 Å². The van der Waals surface area contributed by atoms with Crippen LogP contribution >= 0.6 is 12.4 Å². The summed E-state index contributed by atoms with van der Waals surface area (Å²) >= 11 is 0. The SMILES string of the molecule is CC(C)C(C)(CN)NC(=O)C1CCN(C(=O)N2CCCC2)CC1.Cl. The summed E-state index contributed by atoms with van der Waals surface area (Å²) in [6.45, 7) is 9.69. The lowest BCUT2D eigenvalue weighted by Crippen LogP contribution is -2.57. The Kier molecular flexibility index (Phi) is 7.80. The minimum atomic E-state index is -0.362. The van der Waals surface area contributed by atoms with Gasteiger partial charge in [-0.05, 0) is 38.5 Å². The maximum absolute atomic E-state index is 12.5. The minimum Gasteiger partial charge on any atom is -0.349 e. The van der Waals surface area contributed by atoms with Crippen LogP contribution in [0.1, 0.15) is 46.5 Å². The molecule has 2 heterocycles. The number of urea groups is 1. The molecule has 140 valence electrons. The van der Waals surface area contributed by atoms with Crippen LogP contribution in [0.4, 0.5) is 4.79 Å². The molecule has 0 saturated carbocycles. The third-order valence-corrected chi connectivity index (χ3v) is 5.62. The first-order chi connectivity index (χ1) is 10.9. The number of nitrogens with one attached hydrogen (secondary N) is 1. The van der Waals surface area contributed by atoms with E-state index >= 15 is 0 Å². The molecule has 2 saturated heterocycles. The third-order valence-electron chi connectivity index (χ3n) is 5.62. The maximum atomic E-state index is 12.5. The summed E-state index contributed by atoms with van der Waals surface area (Å²) in [5, 5.41) is 3.13. The van der Waals surface area contributed by atoms with Gasteiger partial charge in [-0.1, -0.05) is 13.8 Å². The fourth-order valence-electron chi connectivity index (χ4n) is 3.26. The van der Waals surface area contributed by atoms with Crippen molar-refractivity contribution in [1.29, 1.82) is 0 Å². The molecule has 1 atom stereocenters. The summed E-state index contributed by atoms with van der Waals surface area (Å²) in [6.07, 6.45) is 3.70. The van der Waals surface area contributed by atoms with Crippen molar-refractivity contribution < 1.29 is 9.59 Å². The zero-order valence-corrected chi connectivity index (χ0v) is 16.0. The smallest absolute Gasteiger partial charge is 0.319 e. The number of carbonyl (C=O) groups is 2. The number of hydrogen-bond donors (Lipinski definition) is 2. The molecule has 0 spiro atoms. The third kappa shape index (κ3) is 4.76. The fourth-order valence-corrected chi connectivity index (χ4v) is 3.26. The second-order valence-electron chi connectivity index (χ2n) is 7.50. The first-order valence-corrected chi connectivity index (χ1v) is 8.93. The van der Waals surface area contributed by atoms with Gasteiger partial charge in [-0.2, -0.15) is 0 Å². The Labute approximate surface area is 151 Å². The predicted octanol–water partition coefficient (Wildman–Crippen LogP) is 1.83. The first-order valence-electron chi connectivity index (χ1n) is 8.93. The quantitative estimate of drug-likeness (QED) is 0.802. The van der Waals surface area contributed by atoms with Gasteiger partial charge in [0, 0.05) is 38.6 Å². The number of nitrogens with two attached hydrogens (primary N) is 1. The van der Waals surface area contributed by atoms with Gasteiger partial charge in [0.25, 0.3) is 0 Å². The van der Waals surface area contributed by atoms with Gasteiger partial charge in [-0.25, -0.2) is 4.79 Å². The molecule has 6 nitrogen and oxygen atoms in total. The van der Waals surface area contributed by atoms with Crippen LogP contribution in [0.2, 0.25) is 0 Å². The molecule has 24 heavy (non-hydrogen) atoms. The highest BCUT2D eigenvalue weighted by Crippen LogP contribution is 2.22. The van der Waals surface area contributed by atoms with Gasteiger partial charge in [0.15, 0.2) is 0 Å². The van der Waals surface area contributed by atoms with Gasteiger partial charge >= 0.3 is 6.03 Å². The minimum absolute atomic E-state index is 0. The number of amides is 3. The van der Waals surface area contributed by atoms with E-state index in [-0.39, 0.29) is 41.7 Å². The molecule has 0 aliphatic carbocycles. The molecule has 0 aromatic heterocycles. The van der Waals surface area contributed by atoms with Crippen molar-refractivity contribution in [2.45, 2.75) is 52.0 Å². The van der Waals surface area contributed by atoms with Gasteiger partial charge in [0.05, 0.1) is 5.54 Å². The standard InChI is InChI=1S/C17H32N4O2.ClH/c1-13(2)17(3,12-18)19-15(22)14-6-10-21(11-7-14)16(23)20-8-4-5-9-20;/h13-14H,4-12,18H2,1-3H3,(H,19,22);1H. The van der Waals surface area contributed by atoms with Crippen LogP contribution in [-0.4, -0.2) is 60.0 Å². The summed E-state index contributed by atoms with van der Waals surface area (Å²) in [5.41, 5.74) is 5.48. The second kappa shape index (κ2) is 8.90. The van der Waals surface area contributed by atoms with E-state index < -0.39 is 0 Å². The highest BCUT2D eigenvalue weighted by Gasteiger charge is 2.34. The molecular weight excluding hydrogens is 328 g/mol. The second-order valence-corrected chi connectivity index (χ2v) is 7.50. The van der Waals surface area contributed by atoms with E-state index in [1.54, 1.807) is 0 Å². The van der Waals surface area contributed by atoms with Crippen LogP contribution in [0, 0.1) is 11.8 Å². The Morgan fingerprint density at radius 1 is 1.12 bits per heavy atom. The molecule has 7 heteroatoms. The van der Waals surface area contributed by atoms with Crippen molar-refractivity contribution in [3.05, 3.63) is 0 Å². The monoisotopic (exact) mass is 360 g/mol. The fraction of sp³-hybridized carbons (Fsp3) is 0.882. The first kappa shape index (κ1) is 21.0.